The summed E-state index contributed by atoms with van der Waals surface area (Å²) in [7, 11) is 2.17. The van der Waals surface area contributed by atoms with Gasteiger partial charge in [0, 0.05) is 26.2 Å². The van der Waals surface area contributed by atoms with Gasteiger partial charge < -0.3 is 9.80 Å². The Bertz CT molecular complexity index is 176. The van der Waals surface area contributed by atoms with Crippen LogP contribution >= 0.6 is 0 Å². The Morgan fingerprint density at radius 2 is 1.83 bits per heavy atom. The highest BCUT2D eigenvalue weighted by molar-refractivity contribution is 5.10. The third kappa shape index (κ3) is 3.09. The minimum absolute atomic E-state index is 1.12. The fraction of sp³-hybridized carbons (Fsp3) is 0.600. The van der Waals surface area contributed by atoms with Crippen LogP contribution in [0.4, 0.5) is 0 Å². The molecule has 1 heterocycles. The van der Waals surface area contributed by atoms with Crippen LogP contribution in [0.3, 0.4) is 0 Å². The lowest BCUT2D eigenvalue weighted by atomic mass is 10.3. The van der Waals surface area contributed by atoms with Gasteiger partial charge in [-0.05, 0) is 26.2 Å². The third-order valence-corrected chi connectivity index (χ3v) is 2.11. The molecule has 1 aliphatic rings. The summed E-state index contributed by atoms with van der Waals surface area (Å²) in [5, 5.41) is 0. The third-order valence-electron chi connectivity index (χ3n) is 2.11. The monoisotopic (exact) mass is 166 g/mol. The van der Waals surface area contributed by atoms with Gasteiger partial charge in [0.25, 0.3) is 0 Å². The summed E-state index contributed by atoms with van der Waals surface area (Å²) in [6.07, 6.45) is 4.22. The van der Waals surface area contributed by atoms with Gasteiger partial charge in [-0.15, -0.1) is 0 Å². The summed E-state index contributed by atoms with van der Waals surface area (Å²) in [6.45, 7) is 10.5. The molecule has 0 radical (unpaired) electrons. The molecule has 1 aliphatic heterocycles. The van der Waals surface area contributed by atoms with Gasteiger partial charge in [0.05, 0.1) is 0 Å². The maximum Gasteiger partial charge on any atom is 0.0300 e. The second kappa shape index (κ2) is 4.31. The summed E-state index contributed by atoms with van der Waals surface area (Å²) in [5.41, 5.74) is 1.12. The summed E-state index contributed by atoms with van der Waals surface area (Å²) in [6, 6.07) is 0. The summed E-state index contributed by atoms with van der Waals surface area (Å²) in [5.74, 6) is 0. The van der Waals surface area contributed by atoms with Gasteiger partial charge in [-0.2, -0.15) is 0 Å². The lowest BCUT2D eigenvalue weighted by molar-refractivity contribution is 0.198. The van der Waals surface area contributed by atoms with Crippen LogP contribution in [0.15, 0.2) is 24.4 Å². The van der Waals surface area contributed by atoms with Crippen LogP contribution in [0.2, 0.25) is 0 Å². The molecule has 1 saturated heterocycles. The van der Waals surface area contributed by atoms with Crippen molar-refractivity contribution in [3.8, 4) is 0 Å². The fourth-order valence-corrected chi connectivity index (χ4v) is 1.20. The van der Waals surface area contributed by atoms with Crippen LogP contribution < -0.4 is 0 Å². The molecule has 1 fully saturated rings. The van der Waals surface area contributed by atoms with Crippen molar-refractivity contribution in [2.24, 2.45) is 0 Å². The first-order chi connectivity index (χ1) is 5.68. The number of hydrogen-bond donors (Lipinski definition) is 0. The molecule has 0 spiro atoms. The fourth-order valence-electron chi connectivity index (χ4n) is 1.20. The molecule has 12 heavy (non-hydrogen) atoms. The molecule has 2 heteroatoms. The van der Waals surface area contributed by atoms with Crippen LogP contribution in [0.1, 0.15) is 6.92 Å². The number of piperazine rings is 1. The molecule has 0 saturated carbocycles. The first-order valence-corrected chi connectivity index (χ1v) is 4.45. The predicted molar refractivity (Wildman–Crippen MR) is 53.0 cm³/mol. The summed E-state index contributed by atoms with van der Waals surface area (Å²) < 4.78 is 0. The van der Waals surface area contributed by atoms with E-state index in [4.69, 9.17) is 0 Å². The van der Waals surface area contributed by atoms with E-state index in [0.717, 1.165) is 18.7 Å². The minimum atomic E-state index is 1.12. The highest BCUT2D eigenvalue weighted by Crippen LogP contribution is 2.00. The van der Waals surface area contributed by atoms with E-state index in [1.807, 2.05) is 6.92 Å². The van der Waals surface area contributed by atoms with Crippen molar-refractivity contribution >= 4 is 0 Å². The maximum atomic E-state index is 3.83. The van der Waals surface area contributed by atoms with Crippen LogP contribution in [0.25, 0.3) is 0 Å². The highest BCUT2D eigenvalue weighted by atomic mass is 15.2. The van der Waals surface area contributed by atoms with Gasteiger partial charge in [0.2, 0.25) is 0 Å². The van der Waals surface area contributed by atoms with Gasteiger partial charge in [0.15, 0.2) is 0 Å². The van der Waals surface area contributed by atoms with Crippen molar-refractivity contribution in [3.05, 3.63) is 24.4 Å². The Morgan fingerprint density at radius 1 is 1.25 bits per heavy atom. The normalized spacial score (nSPS) is 20.3. The first kappa shape index (κ1) is 9.33. The number of allylic oxidation sites excluding steroid dienone is 2. The zero-order chi connectivity index (χ0) is 8.97. The maximum absolute atomic E-state index is 3.83. The number of rotatable bonds is 2. The summed E-state index contributed by atoms with van der Waals surface area (Å²) in [4.78, 5) is 4.69. The van der Waals surface area contributed by atoms with Crippen LogP contribution in [-0.4, -0.2) is 43.0 Å². The van der Waals surface area contributed by atoms with Crippen molar-refractivity contribution in [1.82, 2.24) is 9.80 Å². The number of hydrogen-bond acceptors (Lipinski definition) is 2. The van der Waals surface area contributed by atoms with E-state index < -0.39 is 0 Å². The molecule has 68 valence electrons. The van der Waals surface area contributed by atoms with Crippen molar-refractivity contribution < 1.29 is 0 Å². The molecule has 0 aromatic carbocycles. The highest BCUT2D eigenvalue weighted by Gasteiger charge is 2.09. The molecule has 0 unspecified atom stereocenters. The van der Waals surface area contributed by atoms with Crippen LogP contribution in [0, 0.1) is 0 Å². The Labute approximate surface area is 75.2 Å². The Morgan fingerprint density at radius 3 is 2.33 bits per heavy atom. The van der Waals surface area contributed by atoms with Gasteiger partial charge in [0.1, 0.15) is 0 Å². The van der Waals surface area contributed by atoms with Crippen LogP contribution in [-0.2, 0) is 0 Å². The van der Waals surface area contributed by atoms with E-state index in [1.54, 1.807) is 0 Å². The lowest BCUT2D eigenvalue weighted by Gasteiger charge is -2.31. The Balaban J connectivity index is 2.30. The molecular weight excluding hydrogens is 148 g/mol. The van der Waals surface area contributed by atoms with Crippen molar-refractivity contribution in [2.45, 2.75) is 6.92 Å². The van der Waals surface area contributed by atoms with E-state index in [1.165, 1.54) is 13.1 Å². The van der Waals surface area contributed by atoms with E-state index in [9.17, 15) is 0 Å². The molecule has 0 N–H and O–H groups in total. The minimum Gasteiger partial charge on any atom is -0.375 e. The number of nitrogens with zero attached hydrogens (tertiary/aromatic N) is 2. The topological polar surface area (TPSA) is 6.48 Å². The Hall–Kier alpha value is -0.760. The van der Waals surface area contributed by atoms with E-state index in [0.29, 0.717) is 0 Å². The second-order valence-electron chi connectivity index (χ2n) is 3.50. The SMILES string of the molecule is C=C(C)/C=C/N1CCN(C)CC1. The van der Waals surface area contributed by atoms with Crippen molar-refractivity contribution in [1.29, 1.82) is 0 Å². The molecule has 0 amide bonds. The van der Waals surface area contributed by atoms with Gasteiger partial charge in [-0.3, -0.25) is 0 Å². The molecule has 1 rings (SSSR count). The smallest absolute Gasteiger partial charge is 0.0300 e. The molecule has 2 nitrogen and oxygen atoms in total. The molecular formula is C10H18N2. The second-order valence-corrected chi connectivity index (χ2v) is 3.50. The van der Waals surface area contributed by atoms with Gasteiger partial charge >= 0.3 is 0 Å². The van der Waals surface area contributed by atoms with E-state index in [-0.39, 0.29) is 0 Å². The van der Waals surface area contributed by atoms with Gasteiger partial charge in [-0.1, -0.05) is 12.2 Å². The standard InChI is InChI=1S/C10H18N2/c1-10(2)4-5-12-8-6-11(3)7-9-12/h4-5H,1,6-9H2,2-3H3/b5-4+. The zero-order valence-corrected chi connectivity index (χ0v) is 8.08. The molecule has 0 aromatic heterocycles. The van der Waals surface area contributed by atoms with E-state index >= 15 is 0 Å². The van der Waals surface area contributed by atoms with Gasteiger partial charge in [-0.25, -0.2) is 0 Å². The first-order valence-electron chi connectivity index (χ1n) is 4.45. The Kier molecular flexibility index (Phi) is 3.35. The average Bonchev–Trinajstić information content (AvgIpc) is 2.03. The molecule has 0 aromatic rings. The summed E-state index contributed by atoms with van der Waals surface area (Å²) >= 11 is 0. The largest absolute Gasteiger partial charge is 0.375 e. The molecule has 0 bridgehead atoms. The van der Waals surface area contributed by atoms with Crippen molar-refractivity contribution in [3.63, 3.8) is 0 Å². The quantitative estimate of drug-likeness (QED) is 0.571. The van der Waals surface area contributed by atoms with Crippen LogP contribution in [0.5, 0.6) is 0 Å². The molecule has 0 atom stereocenters. The average molecular weight is 166 g/mol. The lowest BCUT2D eigenvalue weighted by Crippen LogP contribution is -2.41. The predicted octanol–water partition coefficient (Wildman–Crippen LogP) is 1.32. The zero-order valence-electron chi connectivity index (χ0n) is 8.08. The van der Waals surface area contributed by atoms with Crippen molar-refractivity contribution in [2.75, 3.05) is 33.2 Å². The number of likely N-dealkylation sites (N-methyl/N-ethyl adjacent to an activating group) is 1. The molecule has 0 aliphatic carbocycles. The van der Waals surface area contributed by atoms with E-state index in [2.05, 4.69) is 35.7 Å².